The Balaban J connectivity index is 2.56. The van der Waals surface area contributed by atoms with Gasteiger partial charge >= 0.3 is 0 Å². The van der Waals surface area contributed by atoms with Gasteiger partial charge in [0.15, 0.2) is 0 Å². The molecule has 1 aromatic rings. The molecule has 1 unspecified atom stereocenters. The minimum atomic E-state index is -0.0728. The third kappa shape index (κ3) is 0.883. The lowest BCUT2D eigenvalue weighted by molar-refractivity contribution is 0.564. The minimum absolute atomic E-state index is 0.0728. The van der Waals surface area contributed by atoms with Gasteiger partial charge in [-0.2, -0.15) is 0 Å². The zero-order valence-electron chi connectivity index (χ0n) is 7.33. The van der Waals surface area contributed by atoms with Crippen molar-refractivity contribution in [3.63, 3.8) is 0 Å². The second kappa shape index (κ2) is 2.42. The molecule has 0 saturated heterocycles. The van der Waals surface area contributed by atoms with E-state index in [1.165, 1.54) is 5.56 Å². The first kappa shape index (κ1) is 7.50. The fourth-order valence-corrected chi connectivity index (χ4v) is 1.49. The van der Waals surface area contributed by atoms with Crippen molar-refractivity contribution >= 4 is 11.9 Å². The van der Waals surface area contributed by atoms with E-state index in [1.54, 1.807) is 0 Å². The van der Waals surface area contributed by atoms with Gasteiger partial charge in [-0.05, 0) is 20.0 Å². The highest BCUT2D eigenvalue weighted by Crippen LogP contribution is 2.33. The summed E-state index contributed by atoms with van der Waals surface area (Å²) in [5.74, 6) is 0. The third-order valence-electron chi connectivity index (χ3n) is 2.44. The van der Waals surface area contributed by atoms with Crippen molar-refractivity contribution in [1.29, 1.82) is 0 Å². The predicted octanol–water partition coefficient (Wildman–Crippen LogP) is 1.84. The molecule has 0 aromatic heterocycles. The summed E-state index contributed by atoms with van der Waals surface area (Å²) >= 11 is 0. The topological polar surface area (TPSA) is 24.4 Å². The molecule has 2 nitrogen and oxygen atoms in total. The van der Waals surface area contributed by atoms with E-state index in [0.717, 1.165) is 5.69 Å². The Kier molecular flexibility index (Phi) is 1.51. The van der Waals surface area contributed by atoms with Crippen molar-refractivity contribution in [1.82, 2.24) is 5.32 Å². The van der Waals surface area contributed by atoms with Crippen molar-refractivity contribution in [2.75, 3.05) is 7.05 Å². The molecule has 0 bridgehead atoms. The summed E-state index contributed by atoms with van der Waals surface area (Å²) in [6, 6.07) is 8.20. The molecule has 0 fully saturated rings. The van der Waals surface area contributed by atoms with E-state index in [1.807, 2.05) is 31.5 Å². The lowest BCUT2D eigenvalue weighted by atomic mass is 9.95. The molecule has 0 aliphatic carbocycles. The summed E-state index contributed by atoms with van der Waals surface area (Å²) in [7, 11) is 1.95. The average molecular weight is 160 g/mol. The number of benzene rings is 1. The summed E-state index contributed by atoms with van der Waals surface area (Å²) in [5, 5.41) is 3.25. The molecule has 1 N–H and O–H groups in total. The fourth-order valence-electron chi connectivity index (χ4n) is 1.49. The highest BCUT2D eigenvalue weighted by atomic mass is 15.0. The SMILES string of the molecule is CNC1(C)C=Nc2ccccc21. The zero-order chi connectivity index (χ0) is 8.60. The van der Waals surface area contributed by atoms with Gasteiger partial charge in [0.2, 0.25) is 0 Å². The van der Waals surface area contributed by atoms with Crippen LogP contribution >= 0.6 is 0 Å². The smallest absolute Gasteiger partial charge is 0.0784 e. The molecule has 0 saturated carbocycles. The predicted molar refractivity (Wildman–Crippen MR) is 51.0 cm³/mol. The summed E-state index contributed by atoms with van der Waals surface area (Å²) in [5.41, 5.74) is 2.26. The quantitative estimate of drug-likeness (QED) is 0.666. The lowest BCUT2D eigenvalue weighted by Crippen LogP contribution is -2.36. The number of hydrogen-bond acceptors (Lipinski definition) is 2. The monoisotopic (exact) mass is 160 g/mol. The number of aliphatic imine (C=N–C) groups is 1. The van der Waals surface area contributed by atoms with Crippen LogP contribution in [0, 0.1) is 0 Å². The van der Waals surface area contributed by atoms with Crippen LogP contribution in [0.25, 0.3) is 0 Å². The van der Waals surface area contributed by atoms with Gasteiger partial charge in [-0.15, -0.1) is 0 Å². The van der Waals surface area contributed by atoms with Gasteiger partial charge in [-0.3, -0.25) is 4.99 Å². The number of nitrogens with one attached hydrogen (secondary N) is 1. The molecule has 1 aliphatic rings. The highest BCUT2D eigenvalue weighted by Gasteiger charge is 2.28. The maximum atomic E-state index is 4.34. The van der Waals surface area contributed by atoms with E-state index in [-0.39, 0.29) is 5.54 Å². The van der Waals surface area contributed by atoms with Crippen LogP contribution in [0.4, 0.5) is 5.69 Å². The van der Waals surface area contributed by atoms with E-state index in [0.29, 0.717) is 0 Å². The average Bonchev–Trinajstić information content (AvgIpc) is 2.46. The van der Waals surface area contributed by atoms with Crippen LogP contribution in [0.15, 0.2) is 29.3 Å². The van der Waals surface area contributed by atoms with Crippen LogP contribution in [0.5, 0.6) is 0 Å². The van der Waals surface area contributed by atoms with Gasteiger partial charge in [-0.1, -0.05) is 18.2 Å². The van der Waals surface area contributed by atoms with Gasteiger partial charge < -0.3 is 5.32 Å². The lowest BCUT2D eigenvalue weighted by Gasteiger charge is -2.21. The molecular formula is C10H12N2. The Morgan fingerprint density at radius 1 is 1.33 bits per heavy atom. The zero-order valence-corrected chi connectivity index (χ0v) is 7.33. The second-order valence-corrected chi connectivity index (χ2v) is 3.23. The molecule has 1 aliphatic heterocycles. The van der Waals surface area contributed by atoms with Crippen molar-refractivity contribution < 1.29 is 0 Å². The van der Waals surface area contributed by atoms with E-state index in [2.05, 4.69) is 23.3 Å². The summed E-state index contributed by atoms with van der Waals surface area (Å²) in [4.78, 5) is 4.34. The summed E-state index contributed by atoms with van der Waals surface area (Å²) in [6.07, 6.45) is 1.96. The Bertz CT molecular complexity index is 330. The molecule has 1 atom stereocenters. The second-order valence-electron chi connectivity index (χ2n) is 3.23. The highest BCUT2D eigenvalue weighted by molar-refractivity contribution is 5.84. The molecule has 12 heavy (non-hydrogen) atoms. The normalized spacial score (nSPS) is 25.8. The molecule has 2 rings (SSSR count). The van der Waals surface area contributed by atoms with E-state index in [9.17, 15) is 0 Å². The Labute approximate surface area is 72.3 Å². The standard InChI is InChI=1S/C10H12N2/c1-10(11-2)7-12-9-6-4-3-5-8(9)10/h3-7,11H,1-2H3. The number of rotatable bonds is 1. The van der Waals surface area contributed by atoms with Crippen molar-refractivity contribution in [2.24, 2.45) is 4.99 Å². The van der Waals surface area contributed by atoms with Crippen molar-refractivity contribution in [3.8, 4) is 0 Å². The molecule has 1 heterocycles. The Morgan fingerprint density at radius 2 is 2.08 bits per heavy atom. The molecule has 2 heteroatoms. The van der Waals surface area contributed by atoms with Crippen LogP contribution < -0.4 is 5.32 Å². The van der Waals surface area contributed by atoms with E-state index in [4.69, 9.17) is 0 Å². The largest absolute Gasteiger partial charge is 0.306 e. The summed E-state index contributed by atoms with van der Waals surface area (Å²) in [6.45, 7) is 2.13. The first-order valence-corrected chi connectivity index (χ1v) is 4.10. The van der Waals surface area contributed by atoms with Crippen molar-refractivity contribution in [3.05, 3.63) is 29.8 Å². The maximum Gasteiger partial charge on any atom is 0.0784 e. The van der Waals surface area contributed by atoms with Crippen LogP contribution in [-0.4, -0.2) is 13.3 Å². The molecule has 0 spiro atoms. The van der Waals surface area contributed by atoms with Gasteiger partial charge in [0, 0.05) is 11.8 Å². The molecule has 0 amide bonds. The van der Waals surface area contributed by atoms with Gasteiger partial charge in [-0.25, -0.2) is 0 Å². The molecular weight excluding hydrogens is 148 g/mol. The van der Waals surface area contributed by atoms with Gasteiger partial charge in [0.05, 0.1) is 11.2 Å². The fraction of sp³-hybridized carbons (Fsp3) is 0.300. The molecule has 62 valence electrons. The number of fused-ring (bicyclic) bond motifs is 1. The number of hydrogen-bond donors (Lipinski definition) is 1. The first-order valence-electron chi connectivity index (χ1n) is 4.10. The summed E-state index contributed by atoms with van der Waals surface area (Å²) < 4.78 is 0. The van der Waals surface area contributed by atoms with Crippen LogP contribution in [-0.2, 0) is 5.54 Å². The van der Waals surface area contributed by atoms with Crippen LogP contribution in [0.3, 0.4) is 0 Å². The Morgan fingerprint density at radius 3 is 2.83 bits per heavy atom. The van der Waals surface area contributed by atoms with Gasteiger partial charge in [0.1, 0.15) is 0 Å². The first-order chi connectivity index (χ1) is 5.76. The van der Waals surface area contributed by atoms with Crippen LogP contribution in [0.1, 0.15) is 12.5 Å². The third-order valence-corrected chi connectivity index (χ3v) is 2.44. The van der Waals surface area contributed by atoms with Crippen LogP contribution in [0.2, 0.25) is 0 Å². The minimum Gasteiger partial charge on any atom is -0.306 e. The molecule has 1 aromatic carbocycles. The number of para-hydroxylation sites is 1. The van der Waals surface area contributed by atoms with E-state index < -0.39 is 0 Å². The number of nitrogens with zero attached hydrogens (tertiary/aromatic N) is 1. The van der Waals surface area contributed by atoms with E-state index >= 15 is 0 Å². The van der Waals surface area contributed by atoms with Crippen molar-refractivity contribution in [2.45, 2.75) is 12.5 Å². The van der Waals surface area contributed by atoms with Gasteiger partial charge in [0.25, 0.3) is 0 Å². The molecule has 0 radical (unpaired) electrons. The maximum absolute atomic E-state index is 4.34. The Hall–Kier alpha value is -1.15.